The van der Waals surface area contributed by atoms with Crippen LogP contribution >= 0.6 is 0 Å². The number of nitrogens with one attached hydrogen (secondary N) is 1. The lowest BCUT2D eigenvalue weighted by atomic mass is 10.1. The summed E-state index contributed by atoms with van der Waals surface area (Å²) in [5.74, 6) is -0.181. The number of benzene rings is 2. The first-order chi connectivity index (χ1) is 10.6. The number of phenolic OH excluding ortho intramolecular Hbond substituents is 1. The number of aryl methyl sites for hydroxylation is 1. The highest BCUT2D eigenvalue weighted by Crippen LogP contribution is 2.23. The van der Waals surface area contributed by atoms with E-state index in [2.05, 4.69) is 12.2 Å². The molecule has 0 aliphatic carbocycles. The standard InChI is InChI=1S/C18H22N2O2/c1-2-3-4-5-13-6-8-14(9-7-13)18(22)20-15-10-11-17(21)16(19)12-15/h6-12,21H,2-5,19H2,1H3,(H,20,22). The predicted octanol–water partition coefficient (Wildman–Crippen LogP) is 3.96. The van der Waals surface area contributed by atoms with E-state index in [9.17, 15) is 9.90 Å². The molecule has 4 heteroatoms. The molecule has 2 aromatic carbocycles. The Hall–Kier alpha value is -2.49. The summed E-state index contributed by atoms with van der Waals surface area (Å²) in [5, 5.41) is 12.1. The Morgan fingerprint density at radius 2 is 1.86 bits per heavy atom. The van der Waals surface area contributed by atoms with E-state index in [1.165, 1.54) is 37.0 Å². The molecule has 116 valence electrons. The monoisotopic (exact) mass is 298 g/mol. The normalized spacial score (nSPS) is 10.4. The number of phenols is 1. The summed E-state index contributed by atoms with van der Waals surface area (Å²) in [6.07, 6.45) is 4.65. The van der Waals surface area contributed by atoms with Gasteiger partial charge in [0.1, 0.15) is 5.75 Å². The number of nitrogen functional groups attached to an aromatic ring is 1. The molecule has 4 nitrogen and oxygen atoms in total. The Kier molecular flexibility index (Phi) is 5.42. The third-order valence-corrected chi connectivity index (χ3v) is 3.57. The number of amides is 1. The minimum atomic E-state index is -0.190. The molecule has 4 N–H and O–H groups in total. The number of rotatable bonds is 6. The number of aromatic hydroxyl groups is 1. The Morgan fingerprint density at radius 1 is 1.14 bits per heavy atom. The van der Waals surface area contributed by atoms with Gasteiger partial charge in [-0.2, -0.15) is 0 Å². The van der Waals surface area contributed by atoms with Crippen molar-refractivity contribution < 1.29 is 9.90 Å². The van der Waals surface area contributed by atoms with Crippen LogP contribution in [-0.4, -0.2) is 11.0 Å². The van der Waals surface area contributed by atoms with E-state index in [0.29, 0.717) is 11.3 Å². The summed E-state index contributed by atoms with van der Waals surface area (Å²) in [6, 6.07) is 12.3. The molecule has 22 heavy (non-hydrogen) atoms. The van der Waals surface area contributed by atoms with Crippen LogP contribution in [0.1, 0.15) is 42.1 Å². The van der Waals surface area contributed by atoms with E-state index in [0.717, 1.165) is 6.42 Å². The van der Waals surface area contributed by atoms with Crippen LogP contribution in [0.3, 0.4) is 0 Å². The van der Waals surface area contributed by atoms with Crippen LogP contribution in [0.15, 0.2) is 42.5 Å². The second-order valence-electron chi connectivity index (χ2n) is 5.38. The molecular formula is C18H22N2O2. The van der Waals surface area contributed by atoms with Crippen molar-refractivity contribution in [1.82, 2.24) is 0 Å². The van der Waals surface area contributed by atoms with E-state index < -0.39 is 0 Å². The summed E-state index contributed by atoms with van der Waals surface area (Å²) < 4.78 is 0. The van der Waals surface area contributed by atoms with Crippen LogP contribution < -0.4 is 11.1 Å². The zero-order valence-electron chi connectivity index (χ0n) is 12.8. The molecule has 0 atom stereocenters. The lowest BCUT2D eigenvalue weighted by Crippen LogP contribution is -2.12. The molecule has 0 unspecified atom stereocenters. The van der Waals surface area contributed by atoms with Gasteiger partial charge in [0.05, 0.1) is 5.69 Å². The van der Waals surface area contributed by atoms with Gasteiger partial charge < -0.3 is 16.2 Å². The fourth-order valence-electron chi connectivity index (χ4n) is 2.24. The Balaban J connectivity index is 1.98. The predicted molar refractivity (Wildman–Crippen MR) is 90.1 cm³/mol. The number of carbonyl (C=O) groups excluding carboxylic acids is 1. The number of unbranched alkanes of at least 4 members (excludes halogenated alkanes) is 2. The van der Waals surface area contributed by atoms with E-state index in [1.54, 1.807) is 6.07 Å². The summed E-state index contributed by atoms with van der Waals surface area (Å²) >= 11 is 0. The zero-order chi connectivity index (χ0) is 15.9. The van der Waals surface area contributed by atoms with Crippen LogP contribution in [0.5, 0.6) is 5.75 Å². The smallest absolute Gasteiger partial charge is 0.255 e. The molecule has 0 bridgehead atoms. The zero-order valence-corrected chi connectivity index (χ0v) is 12.8. The SMILES string of the molecule is CCCCCc1ccc(C(=O)Nc2ccc(O)c(N)c2)cc1. The van der Waals surface area contributed by atoms with Crippen molar-refractivity contribution in [2.75, 3.05) is 11.1 Å². The maximum absolute atomic E-state index is 12.2. The van der Waals surface area contributed by atoms with E-state index in [-0.39, 0.29) is 17.3 Å². The Bertz CT molecular complexity index is 636. The third-order valence-electron chi connectivity index (χ3n) is 3.57. The highest BCUT2D eigenvalue weighted by Gasteiger charge is 2.07. The molecule has 0 aliphatic heterocycles. The first kappa shape index (κ1) is 15.9. The lowest BCUT2D eigenvalue weighted by molar-refractivity contribution is 0.102. The minimum absolute atomic E-state index is 0.00873. The molecule has 0 heterocycles. The number of hydrogen-bond acceptors (Lipinski definition) is 3. The molecule has 0 fully saturated rings. The number of hydrogen-bond donors (Lipinski definition) is 3. The van der Waals surface area contributed by atoms with Crippen molar-refractivity contribution in [1.29, 1.82) is 0 Å². The Morgan fingerprint density at radius 3 is 2.50 bits per heavy atom. The molecule has 2 aromatic rings. The topological polar surface area (TPSA) is 75.3 Å². The van der Waals surface area contributed by atoms with Crippen LogP contribution in [0.2, 0.25) is 0 Å². The van der Waals surface area contributed by atoms with E-state index in [4.69, 9.17) is 5.73 Å². The molecule has 0 saturated carbocycles. The second kappa shape index (κ2) is 7.50. The highest BCUT2D eigenvalue weighted by atomic mass is 16.3. The summed E-state index contributed by atoms with van der Waals surface area (Å²) in [7, 11) is 0. The molecule has 0 saturated heterocycles. The molecule has 2 rings (SSSR count). The van der Waals surface area contributed by atoms with Gasteiger partial charge in [0.15, 0.2) is 0 Å². The van der Waals surface area contributed by atoms with Crippen molar-refractivity contribution in [2.24, 2.45) is 0 Å². The maximum atomic E-state index is 12.2. The van der Waals surface area contributed by atoms with E-state index >= 15 is 0 Å². The summed E-state index contributed by atoms with van der Waals surface area (Å²) in [6.45, 7) is 2.18. The minimum Gasteiger partial charge on any atom is -0.506 e. The van der Waals surface area contributed by atoms with Crippen molar-refractivity contribution in [2.45, 2.75) is 32.6 Å². The van der Waals surface area contributed by atoms with Crippen LogP contribution in [0, 0.1) is 0 Å². The molecule has 0 radical (unpaired) electrons. The largest absolute Gasteiger partial charge is 0.506 e. The highest BCUT2D eigenvalue weighted by molar-refractivity contribution is 6.04. The number of anilines is 2. The fourth-order valence-corrected chi connectivity index (χ4v) is 2.24. The van der Waals surface area contributed by atoms with Crippen molar-refractivity contribution in [3.8, 4) is 5.75 Å². The Labute approximate surface area is 131 Å². The summed E-state index contributed by atoms with van der Waals surface area (Å²) in [4.78, 5) is 12.2. The van der Waals surface area contributed by atoms with Gasteiger partial charge >= 0.3 is 0 Å². The van der Waals surface area contributed by atoms with Gasteiger partial charge in [-0.3, -0.25) is 4.79 Å². The molecule has 0 spiro atoms. The van der Waals surface area contributed by atoms with Gasteiger partial charge in [0.2, 0.25) is 0 Å². The molecule has 0 aliphatic rings. The number of carbonyl (C=O) groups is 1. The number of nitrogens with two attached hydrogens (primary N) is 1. The van der Waals surface area contributed by atoms with Gasteiger partial charge in [-0.15, -0.1) is 0 Å². The molecular weight excluding hydrogens is 276 g/mol. The van der Waals surface area contributed by atoms with Crippen molar-refractivity contribution >= 4 is 17.3 Å². The molecule has 1 amide bonds. The average Bonchev–Trinajstić information content (AvgIpc) is 2.52. The van der Waals surface area contributed by atoms with Gasteiger partial charge in [0.25, 0.3) is 5.91 Å². The van der Waals surface area contributed by atoms with Gasteiger partial charge in [-0.25, -0.2) is 0 Å². The van der Waals surface area contributed by atoms with Crippen molar-refractivity contribution in [3.63, 3.8) is 0 Å². The molecule has 0 aromatic heterocycles. The summed E-state index contributed by atoms with van der Waals surface area (Å²) in [5.41, 5.74) is 8.27. The van der Waals surface area contributed by atoms with Crippen LogP contribution in [0.4, 0.5) is 11.4 Å². The van der Waals surface area contributed by atoms with Crippen molar-refractivity contribution in [3.05, 3.63) is 53.6 Å². The first-order valence-corrected chi connectivity index (χ1v) is 7.59. The maximum Gasteiger partial charge on any atom is 0.255 e. The average molecular weight is 298 g/mol. The van der Waals surface area contributed by atoms with Gasteiger partial charge in [0, 0.05) is 11.3 Å². The fraction of sp³-hybridized carbons (Fsp3) is 0.278. The third kappa shape index (κ3) is 4.25. The van der Waals surface area contributed by atoms with E-state index in [1.807, 2.05) is 24.3 Å². The lowest BCUT2D eigenvalue weighted by Gasteiger charge is -2.08. The van der Waals surface area contributed by atoms with Crippen LogP contribution in [-0.2, 0) is 6.42 Å². The second-order valence-corrected chi connectivity index (χ2v) is 5.38. The van der Waals surface area contributed by atoms with Crippen LogP contribution in [0.25, 0.3) is 0 Å². The van der Waals surface area contributed by atoms with Gasteiger partial charge in [-0.1, -0.05) is 31.9 Å². The first-order valence-electron chi connectivity index (χ1n) is 7.59. The quantitative estimate of drug-likeness (QED) is 0.327. The van der Waals surface area contributed by atoms with Gasteiger partial charge in [-0.05, 0) is 48.7 Å².